The van der Waals surface area contributed by atoms with Crippen LogP contribution in [0.25, 0.3) is 0 Å². The normalized spacial score (nSPS) is 26.4. The fraction of sp³-hybridized carbons (Fsp3) is 0.667. The van der Waals surface area contributed by atoms with Crippen molar-refractivity contribution < 1.29 is 28.6 Å². The van der Waals surface area contributed by atoms with Crippen molar-refractivity contribution in [1.29, 1.82) is 0 Å². The molecule has 11 heteroatoms. The van der Waals surface area contributed by atoms with E-state index in [4.69, 9.17) is 14.2 Å². The number of ether oxygens (including phenoxy) is 3. The zero-order valence-electron chi connectivity index (χ0n) is 22.7. The lowest BCUT2D eigenvalue weighted by Gasteiger charge is -2.44. The Hall–Kier alpha value is -2.73. The van der Waals surface area contributed by atoms with Crippen molar-refractivity contribution in [2.75, 3.05) is 66.3 Å². The van der Waals surface area contributed by atoms with Crippen molar-refractivity contribution in [3.63, 3.8) is 0 Å². The molecule has 3 atom stereocenters. The van der Waals surface area contributed by atoms with Crippen LogP contribution in [0, 0.1) is 0 Å². The number of hydrogen-bond donors (Lipinski definition) is 2. The van der Waals surface area contributed by atoms with Crippen LogP contribution in [0.3, 0.4) is 0 Å². The number of fused-ring (bicyclic) bond motifs is 2. The first-order valence-electron chi connectivity index (χ1n) is 13.5. The van der Waals surface area contributed by atoms with E-state index in [1.165, 1.54) is 0 Å². The van der Waals surface area contributed by atoms with Crippen LogP contribution >= 0.6 is 0 Å². The number of amides is 3. The van der Waals surface area contributed by atoms with Gasteiger partial charge in [0.1, 0.15) is 24.4 Å². The molecule has 38 heavy (non-hydrogen) atoms. The zero-order valence-corrected chi connectivity index (χ0v) is 22.7. The Morgan fingerprint density at radius 2 is 1.89 bits per heavy atom. The summed E-state index contributed by atoms with van der Waals surface area (Å²) in [6.45, 7) is 7.84. The van der Waals surface area contributed by atoms with E-state index in [-0.39, 0.29) is 43.0 Å². The Balaban J connectivity index is 1.57. The fourth-order valence-corrected chi connectivity index (χ4v) is 5.40. The van der Waals surface area contributed by atoms with Crippen LogP contribution in [0.1, 0.15) is 25.8 Å². The Bertz CT molecular complexity index is 975. The monoisotopic (exact) mass is 531 g/mol. The third-order valence-electron chi connectivity index (χ3n) is 7.54. The van der Waals surface area contributed by atoms with Crippen LogP contribution in [-0.4, -0.2) is 123 Å². The first kappa shape index (κ1) is 28.3. The summed E-state index contributed by atoms with van der Waals surface area (Å²) in [6, 6.07) is 6.39. The van der Waals surface area contributed by atoms with Gasteiger partial charge in [0, 0.05) is 51.4 Å². The van der Waals surface area contributed by atoms with E-state index < -0.39 is 12.1 Å². The molecule has 0 saturated carbocycles. The molecule has 1 aromatic rings. The minimum Gasteiger partial charge on any atom is -0.497 e. The number of piperazine rings is 1. The standard InChI is InChI=1S/C27H41N5O6/c1-19(2)30-10-11-31-23(17-30)27(35)32-9-7-22(29-16-20-5-4-6-21(15-20)36-3)25(32)26(34)28-8-12-37-13-14-38-18-24(31)33/h4-6,15,19,22-23,25,29H,7-14,16-18H2,1-3H3,(H,28,34)/t22-,23+,25+/m1/s1. The van der Waals surface area contributed by atoms with Gasteiger partial charge in [-0.1, -0.05) is 12.1 Å². The lowest BCUT2D eigenvalue weighted by atomic mass is 10.1. The number of hydrogen-bond acceptors (Lipinski definition) is 8. The Morgan fingerprint density at radius 3 is 2.68 bits per heavy atom. The second-order valence-electron chi connectivity index (χ2n) is 10.3. The lowest BCUT2D eigenvalue weighted by molar-refractivity contribution is -0.154. The third kappa shape index (κ3) is 6.82. The minimum absolute atomic E-state index is 0.0971. The molecule has 0 aromatic heterocycles. The SMILES string of the molecule is COc1cccc(CN[C@@H]2CCN3C(=O)[C@@H]4CN(C(C)C)CCN4C(=O)COCCOCCNC(=O)[C@H]23)c1. The lowest BCUT2D eigenvalue weighted by Crippen LogP contribution is -2.64. The molecule has 210 valence electrons. The van der Waals surface area contributed by atoms with E-state index in [1.54, 1.807) is 16.9 Å². The molecule has 3 aliphatic heterocycles. The van der Waals surface area contributed by atoms with Crippen molar-refractivity contribution in [3.8, 4) is 5.75 Å². The number of methoxy groups -OCH3 is 1. The number of carbonyl (C=O) groups is 3. The molecule has 3 saturated heterocycles. The van der Waals surface area contributed by atoms with E-state index >= 15 is 0 Å². The first-order chi connectivity index (χ1) is 18.4. The van der Waals surface area contributed by atoms with E-state index in [1.807, 2.05) is 24.3 Å². The van der Waals surface area contributed by atoms with Gasteiger partial charge in [-0.05, 0) is 38.0 Å². The molecule has 3 fully saturated rings. The van der Waals surface area contributed by atoms with Gasteiger partial charge in [-0.3, -0.25) is 19.3 Å². The van der Waals surface area contributed by atoms with E-state index in [0.717, 1.165) is 11.3 Å². The van der Waals surface area contributed by atoms with Gasteiger partial charge in [0.2, 0.25) is 17.7 Å². The highest BCUT2D eigenvalue weighted by atomic mass is 16.5. The smallest absolute Gasteiger partial charge is 0.249 e. The maximum atomic E-state index is 14.1. The molecular formula is C27H41N5O6. The van der Waals surface area contributed by atoms with Crippen molar-refractivity contribution >= 4 is 17.7 Å². The molecule has 0 aliphatic carbocycles. The number of nitrogens with one attached hydrogen (secondary N) is 2. The average Bonchev–Trinajstić information content (AvgIpc) is 3.36. The molecule has 0 unspecified atom stereocenters. The van der Waals surface area contributed by atoms with Crippen molar-refractivity contribution in [2.24, 2.45) is 0 Å². The average molecular weight is 532 g/mol. The molecule has 0 spiro atoms. The van der Waals surface area contributed by atoms with E-state index in [0.29, 0.717) is 58.9 Å². The molecule has 3 aliphatic rings. The summed E-state index contributed by atoms with van der Waals surface area (Å²) in [4.78, 5) is 46.2. The van der Waals surface area contributed by atoms with Crippen LogP contribution in [0.2, 0.25) is 0 Å². The van der Waals surface area contributed by atoms with Gasteiger partial charge >= 0.3 is 0 Å². The molecule has 4 rings (SSSR count). The quantitative estimate of drug-likeness (QED) is 0.539. The summed E-state index contributed by atoms with van der Waals surface area (Å²) in [5.74, 6) is 0.137. The highest BCUT2D eigenvalue weighted by Gasteiger charge is 2.46. The number of benzene rings is 1. The zero-order chi connectivity index (χ0) is 27.1. The summed E-state index contributed by atoms with van der Waals surface area (Å²) < 4.78 is 16.4. The largest absolute Gasteiger partial charge is 0.497 e. The highest BCUT2D eigenvalue weighted by Crippen LogP contribution is 2.24. The molecule has 1 aromatic carbocycles. The predicted octanol–water partition coefficient (Wildman–Crippen LogP) is -0.161. The highest BCUT2D eigenvalue weighted by molar-refractivity contribution is 5.93. The van der Waals surface area contributed by atoms with Crippen molar-refractivity contribution in [1.82, 2.24) is 25.3 Å². The Kier molecular flexibility index (Phi) is 9.95. The molecule has 3 amide bonds. The second kappa shape index (κ2) is 13.4. The van der Waals surface area contributed by atoms with Crippen molar-refractivity contribution in [3.05, 3.63) is 29.8 Å². The molecule has 0 radical (unpaired) electrons. The van der Waals surface area contributed by atoms with Gasteiger partial charge in [0.15, 0.2) is 0 Å². The Morgan fingerprint density at radius 1 is 1.08 bits per heavy atom. The maximum absolute atomic E-state index is 14.1. The summed E-state index contributed by atoms with van der Waals surface area (Å²) in [6.07, 6.45) is 0.627. The number of carbonyl (C=O) groups excluding carboxylic acids is 3. The molecule has 3 heterocycles. The van der Waals surface area contributed by atoms with Crippen LogP contribution in [0.4, 0.5) is 0 Å². The molecular weight excluding hydrogens is 490 g/mol. The minimum atomic E-state index is -0.694. The van der Waals surface area contributed by atoms with Crippen LogP contribution < -0.4 is 15.4 Å². The second-order valence-corrected chi connectivity index (χ2v) is 10.3. The van der Waals surface area contributed by atoms with Gasteiger partial charge in [-0.25, -0.2) is 0 Å². The van der Waals surface area contributed by atoms with Crippen LogP contribution in [0.5, 0.6) is 5.75 Å². The summed E-state index contributed by atoms with van der Waals surface area (Å²) in [7, 11) is 1.63. The van der Waals surface area contributed by atoms with Crippen LogP contribution in [0.15, 0.2) is 24.3 Å². The third-order valence-corrected chi connectivity index (χ3v) is 7.54. The van der Waals surface area contributed by atoms with Gasteiger partial charge in [-0.15, -0.1) is 0 Å². The van der Waals surface area contributed by atoms with E-state index in [2.05, 4.69) is 29.4 Å². The van der Waals surface area contributed by atoms with Crippen LogP contribution in [-0.2, 0) is 30.4 Å². The Labute approximate surface area is 224 Å². The first-order valence-corrected chi connectivity index (χ1v) is 13.5. The fourth-order valence-electron chi connectivity index (χ4n) is 5.40. The van der Waals surface area contributed by atoms with Gasteiger partial charge in [-0.2, -0.15) is 0 Å². The molecule has 11 nitrogen and oxygen atoms in total. The van der Waals surface area contributed by atoms with E-state index in [9.17, 15) is 14.4 Å². The summed E-state index contributed by atoms with van der Waals surface area (Å²) >= 11 is 0. The summed E-state index contributed by atoms with van der Waals surface area (Å²) in [5, 5.41) is 6.45. The predicted molar refractivity (Wildman–Crippen MR) is 141 cm³/mol. The van der Waals surface area contributed by atoms with Gasteiger partial charge in [0.05, 0.1) is 26.9 Å². The van der Waals surface area contributed by atoms with Crippen molar-refractivity contribution in [2.45, 2.75) is 51.0 Å². The molecule has 2 N–H and O–H groups in total. The topological polar surface area (TPSA) is 113 Å². The van der Waals surface area contributed by atoms with Gasteiger partial charge < -0.3 is 34.6 Å². The maximum Gasteiger partial charge on any atom is 0.249 e. The summed E-state index contributed by atoms with van der Waals surface area (Å²) in [5.41, 5.74) is 1.02. The number of nitrogens with zero attached hydrogens (tertiary/aromatic N) is 3. The van der Waals surface area contributed by atoms with Gasteiger partial charge in [0.25, 0.3) is 0 Å². The molecule has 0 bridgehead atoms. The number of rotatable bonds is 5.